The van der Waals surface area contributed by atoms with Crippen molar-refractivity contribution in [3.63, 3.8) is 0 Å². The van der Waals surface area contributed by atoms with Crippen molar-refractivity contribution in [1.82, 2.24) is 14.8 Å². The minimum atomic E-state index is -0.486. The first kappa shape index (κ1) is 17.9. The zero-order chi connectivity index (χ0) is 18.0. The van der Waals surface area contributed by atoms with Crippen LogP contribution in [0.25, 0.3) is 11.3 Å². The Labute approximate surface area is 152 Å². The Kier molecular flexibility index (Phi) is 5.39. The molecule has 2 aromatic heterocycles. The number of anilines is 1. The standard InChI is InChI=1S/C18H24ClN5O/c1-11-3-5-12(6-4-11)16(20)18(25)23-15-8-7-13(9-21-15)17-14(19)10-22-24(17)2/h7-12,16H,3-6,20H2,1-2H3,(H,21,23,25)/t11?,12?,16-/m0/s1. The molecule has 25 heavy (non-hydrogen) atoms. The molecule has 0 radical (unpaired) electrons. The van der Waals surface area contributed by atoms with Crippen LogP contribution in [0.1, 0.15) is 32.6 Å². The Bertz CT molecular complexity index is 715. The summed E-state index contributed by atoms with van der Waals surface area (Å²) in [6.07, 6.45) is 7.58. The molecule has 2 aromatic rings. The van der Waals surface area contributed by atoms with Gasteiger partial charge in [-0.2, -0.15) is 5.10 Å². The summed E-state index contributed by atoms with van der Waals surface area (Å²) in [6.45, 7) is 2.25. The zero-order valence-corrected chi connectivity index (χ0v) is 15.3. The van der Waals surface area contributed by atoms with E-state index in [4.69, 9.17) is 17.3 Å². The molecular weight excluding hydrogens is 338 g/mol. The van der Waals surface area contributed by atoms with Crippen molar-refractivity contribution in [3.8, 4) is 11.3 Å². The third-order valence-corrected chi connectivity index (χ3v) is 5.33. The summed E-state index contributed by atoms with van der Waals surface area (Å²) in [5.41, 5.74) is 7.80. The molecule has 0 bridgehead atoms. The first-order valence-electron chi connectivity index (χ1n) is 8.66. The van der Waals surface area contributed by atoms with Crippen LogP contribution >= 0.6 is 11.6 Å². The van der Waals surface area contributed by atoms with Gasteiger partial charge in [-0.1, -0.05) is 31.4 Å². The quantitative estimate of drug-likeness (QED) is 0.875. The van der Waals surface area contributed by atoms with Gasteiger partial charge in [0.05, 0.1) is 23.0 Å². The molecule has 2 heterocycles. The number of nitrogens with two attached hydrogens (primary N) is 1. The summed E-state index contributed by atoms with van der Waals surface area (Å²) in [7, 11) is 1.82. The van der Waals surface area contributed by atoms with Gasteiger partial charge >= 0.3 is 0 Å². The van der Waals surface area contributed by atoms with Crippen molar-refractivity contribution in [2.75, 3.05) is 5.32 Å². The van der Waals surface area contributed by atoms with Gasteiger partial charge in [0.25, 0.3) is 0 Å². The Morgan fingerprint density at radius 2 is 2.04 bits per heavy atom. The highest BCUT2D eigenvalue weighted by Gasteiger charge is 2.28. The number of carbonyl (C=O) groups is 1. The van der Waals surface area contributed by atoms with Crippen molar-refractivity contribution < 1.29 is 4.79 Å². The number of rotatable bonds is 4. The molecule has 1 aliphatic carbocycles. The number of aromatic nitrogens is 3. The highest BCUT2D eigenvalue weighted by Crippen LogP contribution is 2.30. The molecular formula is C18H24ClN5O. The fourth-order valence-electron chi connectivity index (χ4n) is 3.41. The first-order chi connectivity index (χ1) is 12.0. The summed E-state index contributed by atoms with van der Waals surface area (Å²) in [6, 6.07) is 3.13. The molecule has 1 aliphatic rings. The van der Waals surface area contributed by atoms with E-state index < -0.39 is 6.04 Å². The number of aryl methyl sites for hydroxylation is 1. The van der Waals surface area contributed by atoms with Gasteiger partial charge in [-0.05, 0) is 36.8 Å². The lowest BCUT2D eigenvalue weighted by molar-refractivity contribution is -0.118. The minimum Gasteiger partial charge on any atom is -0.320 e. The highest BCUT2D eigenvalue weighted by atomic mass is 35.5. The number of hydrogen-bond donors (Lipinski definition) is 2. The van der Waals surface area contributed by atoms with Gasteiger partial charge in [0, 0.05) is 18.8 Å². The van der Waals surface area contributed by atoms with Crippen molar-refractivity contribution in [2.45, 2.75) is 38.6 Å². The second kappa shape index (κ2) is 7.54. The van der Waals surface area contributed by atoms with E-state index in [1.54, 1.807) is 23.1 Å². The van der Waals surface area contributed by atoms with E-state index in [2.05, 4.69) is 22.3 Å². The van der Waals surface area contributed by atoms with Gasteiger partial charge in [-0.25, -0.2) is 4.98 Å². The maximum Gasteiger partial charge on any atom is 0.242 e. The van der Waals surface area contributed by atoms with Crippen LogP contribution in [0.5, 0.6) is 0 Å². The third kappa shape index (κ3) is 4.02. The molecule has 1 fully saturated rings. The number of pyridine rings is 1. The SMILES string of the molecule is CC1CCC([C@H](N)C(=O)Nc2ccc(-c3c(Cl)cnn3C)cn2)CC1. The van der Waals surface area contributed by atoms with Gasteiger partial charge in [0.1, 0.15) is 5.82 Å². The molecule has 0 spiro atoms. The second-order valence-corrected chi connectivity index (χ2v) is 7.34. The van der Waals surface area contributed by atoms with Crippen LogP contribution in [-0.4, -0.2) is 26.7 Å². The van der Waals surface area contributed by atoms with Crippen molar-refractivity contribution >= 4 is 23.3 Å². The molecule has 134 valence electrons. The number of nitrogens with zero attached hydrogens (tertiary/aromatic N) is 3. The van der Waals surface area contributed by atoms with Crippen molar-refractivity contribution in [2.24, 2.45) is 24.6 Å². The molecule has 3 N–H and O–H groups in total. The maximum absolute atomic E-state index is 12.4. The van der Waals surface area contributed by atoms with Crippen molar-refractivity contribution in [1.29, 1.82) is 0 Å². The number of halogens is 1. The molecule has 0 aromatic carbocycles. The molecule has 3 rings (SSSR count). The van der Waals surface area contributed by atoms with E-state index in [1.807, 2.05) is 13.1 Å². The summed E-state index contributed by atoms with van der Waals surface area (Å²) in [5, 5.41) is 7.50. The van der Waals surface area contributed by atoms with E-state index in [0.29, 0.717) is 10.8 Å². The molecule has 1 saturated carbocycles. The summed E-state index contributed by atoms with van der Waals surface area (Å²) < 4.78 is 1.69. The topological polar surface area (TPSA) is 85.8 Å². The van der Waals surface area contributed by atoms with E-state index in [1.165, 1.54) is 0 Å². The Morgan fingerprint density at radius 1 is 1.32 bits per heavy atom. The monoisotopic (exact) mass is 361 g/mol. The van der Waals surface area contributed by atoms with Gasteiger partial charge in [0.15, 0.2) is 0 Å². The van der Waals surface area contributed by atoms with Crippen LogP contribution in [0.15, 0.2) is 24.5 Å². The largest absolute Gasteiger partial charge is 0.320 e. The Balaban J connectivity index is 1.64. The van der Waals surface area contributed by atoms with Gasteiger partial charge in [-0.3, -0.25) is 9.48 Å². The van der Waals surface area contributed by atoms with E-state index >= 15 is 0 Å². The summed E-state index contributed by atoms with van der Waals surface area (Å²) in [5.74, 6) is 1.31. The lowest BCUT2D eigenvalue weighted by Gasteiger charge is -2.29. The molecule has 0 aliphatic heterocycles. The average molecular weight is 362 g/mol. The normalized spacial score (nSPS) is 21.8. The molecule has 6 nitrogen and oxygen atoms in total. The molecule has 7 heteroatoms. The summed E-state index contributed by atoms with van der Waals surface area (Å²) in [4.78, 5) is 16.7. The maximum atomic E-state index is 12.4. The number of hydrogen-bond acceptors (Lipinski definition) is 4. The predicted molar refractivity (Wildman–Crippen MR) is 99.2 cm³/mol. The van der Waals surface area contributed by atoms with Gasteiger partial charge in [-0.15, -0.1) is 0 Å². The molecule has 0 saturated heterocycles. The lowest BCUT2D eigenvalue weighted by Crippen LogP contribution is -2.43. The van der Waals surface area contributed by atoms with Crippen LogP contribution in [0.2, 0.25) is 5.02 Å². The third-order valence-electron chi connectivity index (χ3n) is 5.05. The lowest BCUT2D eigenvalue weighted by atomic mass is 9.79. The highest BCUT2D eigenvalue weighted by molar-refractivity contribution is 6.33. The van der Waals surface area contributed by atoms with Crippen molar-refractivity contribution in [3.05, 3.63) is 29.5 Å². The van der Waals surface area contributed by atoms with E-state index in [-0.39, 0.29) is 11.8 Å². The van der Waals surface area contributed by atoms with Gasteiger partial charge in [0.2, 0.25) is 5.91 Å². The fourth-order valence-corrected chi connectivity index (χ4v) is 3.69. The Hall–Kier alpha value is -1.92. The molecule has 0 unspecified atom stereocenters. The number of nitrogens with one attached hydrogen (secondary N) is 1. The van der Waals surface area contributed by atoms with Gasteiger partial charge < -0.3 is 11.1 Å². The minimum absolute atomic E-state index is 0.168. The number of carbonyl (C=O) groups excluding carboxylic acids is 1. The fraction of sp³-hybridized carbons (Fsp3) is 0.500. The predicted octanol–water partition coefficient (Wildman–Crippen LogP) is 3.23. The van der Waals surface area contributed by atoms with E-state index in [0.717, 1.165) is 42.9 Å². The van der Waals surface area contributed by atoms with Crippen LogP contribution < -0.4 is 11.1 Å². The Morgan fingerprint density at radius 3 is 2.60 bits per heavy atom. The van der Waals surface area contributed by atoms with Crippen LogP contribution in [0.4, 0.5) is 5.82 Å². The number of amides is 1. The van der Waals surface area contributed by atoms with Crippen LogP contribution in [0, 0.1) is 11.8 Å². The van der Waals surface area contributed by atoms with Crippen LogP contribution in [0.3, 0.4) is 0 Å². The average Bonchev–Trinajstić information content (AvgIpc) is 2.94. The first-order valence-corrected chi connectivity index (χ1v) is 9.04. The zero-order valence-electron chi connectivity index (χ0n) is 14.6. The smallest absolute Gasteiger partial charge is 0.242 e. The second-order valence-electron chi connectivity index (χ2n) is 6.93. The molecule has 1 amide bonds. The molecule has 1 atom stereocenters. The van der Waals surface area contributed by atoms with Crippen LogP contribution in [-0.2, 0) is 11.8 Å². The van der Waals surface area contributed by atoms with E-state index in [9.17, 15) is 4.79 Å². The summed E-state index contributed by atoms with van der Waals surface area (Å²) >= 11 is 6.14.